The molecule has 2 aromatic carbocycles. The van der Waals surface area contributed by atoms with Crippen LogP contribution in [0.4, 0.5) is 8.78 Å². The van der Waals surface area contributed by atoms with Crippen molar-refractivity contribution in [3.8, 4) is 11.5 Å². The number of alkyl halides is 2. The lowest BCUT2D eigenvalue weighted by molar-refractivity contribution is -0.0512. The van der Waals surface area contributed by atoms with E-state index in [1.165, 1.54) is 13.2 Å². The van der Waals surface area contributed by atoms with Crippen molar-refractivity contribution in [2.75, 3.05) is 7.11 Å². The first-order chi connectivity index (χ1) is 16.0. The Bertz CT molecular complexity index is 1210. The van der Waals surface area contributed by atoms with Crippen molar-refractivity contribution < 1.29 is 23.0 Å². The van der Waals surface area contributed by atoms with E-state index in [0.29, 0.717) is 11.1 Å². The van der Waals surface area contributed by atoms with Crippen LogP contribution in [0.15, 0.2) is 78.0 Å². The van der Waals surface area contributed by atoms with E-state index in [4.69, 9.17) is 4.74 Å². The first kappa shape index (κ1) is 22.6. The smallest absolute Gasteiger partial charge is 0.387 e. The van der Waals surface area contributed by atoms with Crippen LogP contribution in [0.3, 0.4) is 0 Å². The van der Waals surface area contributed by atoms with E-state index in [2.05, 4.69) is 15.0 Å². The molecule has 0 atom stereocenters. The van der Waals surface area contributed by atoms with Gasteiger partial charge in [-0.3, -0.25) is 4.79 Å². The van der Waals surface area contributed by atoms with Crippen molar-refractivity contribution in [2.45, 2.75) is 23.8 Å². The normalized spacial score (nSPS) is 11.0. The fraction of sp³-hybridized carbons (Fsp3) is 0.167. The maximum absolute atomic E-state index is 12.5. The summed E-state index contributed by atoms with van der Waals surface area (Å²) in [5.41, 5.74) is 3.11. The highest BCUT2D eigenvalue weighted by Gasteiger charge is 2.12. The maximum atomic E-state index is 12.5. The number of hydrogen-bond donors (Lipinski definition) is 1. The maximum Gasteiger partial charge on any atom is 0.387 e. The van der Waals surface area contributed by atoms with E-state index in [1.54, 1.807) is 36.0 Å². The van der Waals surface area contributed by atoms with Crippen LogP contribution in [0.25, 0.3) is 5.65 Å². The van der Waals surface area contributed by atoms with Crippen molar-refractivity contribution in [3.63, 3.8) is 0 Å². The Balaban J connectivity index is 1.31. The quantitative estimate of drug-likeness (QED) is 0.343. The Labute approximate surface area is 193 Å². The Morgan fingerprint density at radius 3 is 2.67 bits per heavy atom. The van der Waals surface area contributed by atoms with E-state index in [0.717, 1.165) is 22.0 Å². The van der Waals surface area contributed by atoms with Crippen LogP contribution >= 0.6 is 11.8 Å². The second kappa shape index (κ2) is 10.4. The minimum atomic E-state index is -2.94. The number of nitrogens with zero attached hydrogens (tertiary/aromatic N) is 2. The number of pyridine rings is 1. The van der Waals surface area contributed by atoms with Gasteiger partial charge in [0, 0.05) is 35.2 Å². The summed E-state index contributed by atoms with van der Waals surface area (Å²) >= 11 is 1.64. The number of nitrogens with one attached hydrogen (secondary N) is 1. The summed E-state index contributed by atoms with van der Waals surface area (Å²) < 4.78 is 36.4. The molecule has 2 aromatic heterocycles. The molecule has 4 rings (SSSR count). The first-order valence-corrected chi connectivity index (χ1v) is 11.1. The summed E-state index contributed by atoms with van der Waals surface area (Å²) in [6, 6.07) is 17.7. The van der Waals surface area contributed by atoms with Gasteiger partial charge >= 0.3 is 6.61 Å². The van der Waals surface area contributed by atoms with E-state index in [1.807, 2.05) is 47.1 Å². The van der Waals surface area contributed by atoms with E-state index in [9.17, 15) is 13.6 Å². The number of aromatic nitrogens is 2. The average molecular weight is 470 g/mol. The van der Waals surface area contributed by atoms with Crippen molar-refractivity contribution in [2.24, 2.45) is 0 Å². The number of halogens is 2. The molecule has 0 radical (unpaired) electrons. The van der Waals surface area contributed by atoms with Gasteiger partial charge in [-0.15, -0.1) is 11.8 Å². The molecule has 0 aliphatic rings. The van der Waals surface area contributed by atoms with E-state index < -0.39 is 6.61 Å². The Morgan fingerprint density at radius 1 is 1.12 bits per heavy atom. The van der Waals surface area contributed by atoms with Crippen molar-refractivity contribution >= 4 is 23.3 Å². The Morgan fingerprint density at radius 2 is 1.94 bits per heavy atom. The minimum absolute atomic E-state index is 0.0562. The number of thioether (sulfide) groups is 1. The average Bonchev–Trinajstić information content (AvgIpc) is 3.25. The van der Waals surface area contributed by atoms with Gasteiger partial charge in [0.25, 0.3) is 5.91 Å². The zero-order chi connectivity index (χ0) is 23.2. The molecule has 9 heteroatoms. The zero-order valence-electron chi connectivity index (χ0n) is 17.7. The zero-order valence-corrected chi connectivity index (χ0v) is 18.5. The molecule has 0 aliphatic carbocycles. The van der Waals surface area contributed by atoms with Crippen LogP contribution in [0.5, 0.6) is 11.5 Å². The molecule has 0 fully saturated rings. The topological polar surface area (TPSA) is 64.9 Å². The molecular weight excluding hydrogens is 448 g/mol. The summed E-state index contributed by atoms with van der Waals surface area (Å²) in [6.45, 7) is -2.72. The number of ether oxygens (including phenoxy) is 2. The second-order valence-corrected chi connectivity index (χ2v) is 8.11. The number of fused-ring (bicyclic) bond motifs is 1. The number of methoxy groups -OCH3 is 1. The standard InChI is InChI=1S/C24H21F2N3O3S/c1-31-21-12-16(5-10-20(21)32-24(25)26)13-27-23(30)17-6-8-19(9-7-17)33-15-18-14-29-11-3-2-4-22(29)28-18/h2-12,14,24H,13,15H2,1H3,(H,27,30). The van der Waals surface area contributed by atoms with Gasteiger partial charge < -0.3 is 19.2 Å². The van der Waals surface area contributed by atoms with Crippen LogP contribution in [0, 0.1) is 0 Å². The van der Waals surface area contributed by atoms with E-state index >= 15 is 0 Å². The molecule has 0 saturated carbocycles. The monoisotopic (exact) mass is 469 g/mol. The summed E-state index contributed by atoms with van der Waals surface area (Å²) in [5.74, 6) is 0.604. The highest BCUT2D eigenvalue weighted by atomic mass is 32.2. The highest BCUT2D eigenvalue weighted by Crippen LogP contribution is 2.29. The van der Waals surface area contributed by atoms with Crippen molar-refractivity contribution in [1.29, 1.82) is 0 Å². The molecule has 0 aliphatic heterocycles. The predicted octanol–water partition coefficient (Wildman–Crippen LogP) is 5.17. The van der Waals surface area contributed by atoms with Crippen LogP contribution in [-0.4, -0.2) is 29.0 Å². The van der Waals surface area contributed by atoms with Crippen LogP contribution < -0.4 is 14.8 Å². The Kier molecular flexibility index (Phi) is 7.09. The lowest BCUT2D eigenvalue weighted by Crippen LogP contribution is -2.22. The molecule has 170 valence electrons. The number of amides is 1. The van der Waals surface area contributed by atoms with Gasteiger partial charge in [-0.1, -0.05) is 12.1 Å². The number of rotatable bonds is 9. The molecule has 0 spiro atoms. The van der Waals surface area contributed by atoms with Gasteiger partial charge in [-0.2, -0.15) is 8.78 Å². The van der Waals surface area contributed by atoms with Crippen LogP contribution in [-0.2, 0) is 12.3 Å². The predicted molar refractivity (Wildman–Crippen MR) is 122 cm³/mol. The summed E-state index contributed by atoms with van der Waals surface area (Å²) in [4.78, 5) is 18.1. The molecule has 4 aromatic rings. The fourth-order valence-electron chi connectivity index (χ4n) is 3.22. The van der Waals surface area contributed by atoms with Gasteiger partial charge in [0.05, 0.1) is 12.8 Å². The number of benzene rings is 2. The molecule has 6 nitrogen and oxygen atoms in total. The number of hydrogen-bond acceptors (Lipinski definition) is 5. The molecular formula is C24H21F2N3O3S. The third-order valence-corrected chi connectivity index (χ3v) is 5.86. The van der Waals surface area contributed by atoms with Gasteiger partial charge in [0.15, 0.2) is 11.5 Å². The first-order valence-electron chi connectivity index (χ1n) is 10.1. The Hall–Kier alpha value is -3.59. The molecule has 1 amide bonds. The summed E-state index contributed by atoms with van der Waals surface area (Å²) in [6.07, 6.45) is 3.97. The largest absolute Gasteiger partial charge is 0.493 e. The number of carbonyl (C=O) groups is 1. The van der Waals surface area contributed by atoms with Crippen molar-refractivity contribution in [1.82, 2.24) is 14.7 Å². The summed E-state index contributed by atoms with van der Waals surface area (Å²) in [7, 11) is 1.37. The van der Waals surface area contributed by atoms with Crippen LogP contribution in [0.2, 0.25) is 0 Å². The van der Waals surface area contributed by atoms with Crippen LogP contribution in [0.1, 0.15) is 21.6 Å². The lowest BCUT2D eigenvalue weighted by atomic mass is 10.1. The number of carbonyl (C=O) groups excluding carboxylic acids is 1. The van der Waals surface area contributed by atoms with Gasteiger partial charge in [0.1, 0.15) is 5.65 Å². The molecule has 1 N–H and O–H groups in total. The van der Waals surface area contributed by atoms with Gasteiger partial charge in [0.2, 0.25) is 0 Å². The van der Waals surface area contributed by atoms with Gasteiger partial charge in [-0.05, 0) is 54.1 Å². The summed E-state index contributed by atoms with van der Waals surface area (Å²) in [5, 5.41) is 2.82. The third kappa shape index (κ3) is 5.81. The van der Waals surface area contributed by atoms with Crippen molar-refractivity contribution in [3.05, 3.63) is 89.9 Å². The lowest BCUT2D eigenvalue weighted by Gasteiger charge is -2.12. The third-order valence-electron chi connectivity index (χ3n) is 4.81. The SMILES string of the molecule is COc1cc(CNC(=O)c2ccc(SCc3cn4ccccc4n3)cc2)ccc1OC(F)F. The second-order valence-electron chi connectivity index (χ2n) is 7.06. The molecule has 0 unspecified atom stereocenters. The fourth-order valence-corrected chi connectivity index (χ4v) is 4.00. The molecule has 2 heterocycles. The molecule has 0 bridgehead atoms. The molecule has 0 saturated heterocycles. The van der Waals surface area contributed by atoms with E-state index in [-0.39, 0.29) is 24.0 Å². The number of imidazole rings is 1. The van der Waals surface area contributed by atoms with Gasteiger partial charge in [-0.25, -0.2) is 4.98 Å². The minimum Gasteiger partial charge on any atom is -0.493 e. The highest BCUT2D eigenvalue weighted by molar-refractivity contribution is 7.98. The molecule has 33 heavy (non-hydrogen) atoms.